The predicted molar refractivity (Wildman–Crippen MR) is 107 cm³/mol. The number of rotatable bonds is 5. The minimum absolute atomic E-state index is 0.0203. The van der Waals surface area contributed by atoms with Crippen molar-refractivity contribution >= 4 is 27.6 Å². The van der Waals surface area contributed by atoms with Gasteiger partial charge in [-0.15, -0.1) is 0 Å². The second-order valence-corrected chi connectivity index (χ2v) is 6.76. The third-order valence-corrected chi connectivity index (χ3v) is 4.76. The Morgan fingerprint density at radius 1 is 1.04 bits per heavy atom. The molecule has 0 spiro atoms. The second kappa shape index (κ2) is 7.16. The molecule has 4 aromatic rings. The molecule has 1 heterocycles. The fraction of sp³-hybridized carbons (Fsp3) is 0.174. The Kier molecular flexibility index (Phi) is 4.55. The van der Waals surface area contributed by atoms with Crippen LogP contribution in [0.15, 0.2) is 65.3 Å². The van der Waals surface area contributed by atoms with Crippen LogP contribution in [-0.2, 0) is 17.8 Å². The number of nitrogens with one attached hydrogen (secondary N) is 1. The lowest BCUT2D eigenvalue weighted by molar-refractivity contribution is -0.120. The monoisotopic (exact) mass is 359 g/mol. The highest BCUT2D eigenvalue weighted by Gasteiger charge is 2.10. The first-order chi connectivity index (χ1) is 13.1. The molecule has 4 nitrogen and oxygen atoms in total. The normalized spacial score (nSPS) is 11.0. The zero-order chi connectivity index (χ0) is 18.8. The van der Waals surface area contributed by atoms with E-state index >= 15 is 0 Å². The van der Waals surface area contributed by atoms with E-state index in [4.69, 9.17) is 9.15 Å². The average Bonchev–Trinajstić information content (AvgIpc) is 3.07. The zero-order valence-corrected chi connectivity index (χ0v) is 15.4. The Morgan fingerprint density at radius 3 is 2.70 bits per heavy atom. The van der Waals surface area contributed by atoms with E-state index in [-0.39, 0.29) is 5.91 Å². The van der Waals surface area contributed by atoms with Crippen LogP contribution in [0.2, 0.25) is 0 Å². The SMILES string of the molecule is COc1ccc2cc(CNC(=O)Cc3coc4cc(C)ccc34)ccc2c1. The molecule has 0 radical (unpaired) electrons. The summed E-state index contributed by atoms with van der Waals surface area (Å²) in [5, 5.41) is 6.23. The topological polar surface area (TPSA) is 51.5 Å². The molecule has 0 unspecified atom stereocenters. The number of ether oxygens (including phenoxy) is 1. The molecule has 0 aliphatic rings. The van der Waals surface area contributed by atoms with Crippen LogP contribution in [0, 0.1) is 6.92 Å². The van der Waals surface area contributed by atoms with Crippen molar-refractivity contribution in [2.75, 3.05) is 7.11 Å². The lowest BCUT2D eigenvalue weighted by atomic mass is 10.1. The molecule has 0 bridgehead atoms. The number of hydrogen-bond acceptors (Lipinski definition) is 3. The van der Waals surface area contributed by atoms with Gasteiger partial charge in [-0.2, -0.15) is 0 Å². The van der Waals surface area contributed by atoms with E-state index in [9.17, 15) is 4.79 Å². The number of carbonyl (C=O) groups excluding carboxylic acids is 1. The van der Waals surface area contributed by atoms with Gasteiger partial charge in [0, 0.05) is 17.5 Å². The second-order valence-electron chi connectivity index (χ2n) is 6.76. The molecule has 1 amide bonds. The van der Waals surface area contributed by atoms with Crippen molar-refractivity contribution in [3.63, 3.8) is 0 Å². The molecule has 0 aliphatic carbocycles. The predicted octanol–water partition coefficient (Wildman–Crippen LogP) is 4.76. The van der Waals surface area contributed by atoms with E-state index in [0.717, 1.165) is 44.2 Å². The number of amides is 1. The van der Waals surface area contributed by atoms with Crippen LogP contribution in [0.3, 0.4) is 0 Å². The number of fused-ring (bicyclic) bond motifs is 2. The summed E-state index contributed by atoms with van der Waals surface area (Å²) in [6.07, 6.45) is 1.98. The van der Waals surface area contributed by atoms with Gasteiger partial charge in [-0.25, -0.2) is 0 Å². The van der Waals surface area contributed by atoms with Gasteiger partial charge in [0.1, 0.15) is 11.3 Å². The van der Waals surface area contributed by atoms with Gasteiger partial charge in [0.15, 0.2) is 0 Å². The highest BCUT2D eigenvalue weighted by atomic mass is 16.5. The summed E-state index contributed by atoms with van der Waals surface area (Å²) in [6, 6.07) is 18.2. The molecule has 0 atom stereocenters. The molecule has 0 saturated carbocycles. The molecular weight excluding hydrogens is 338 g/mol. The van der Waals surface area contributed by atoms with Crippen molar-refractivity contribution in [3.8, 4) is 5.75 Å². The van der Waals surface area contributed by atoms with Gasteiger partial charge >= 0.3 is 0 Å². The molecule has 0 fully saturated rings. The Balaban J connectivity index is 1.43. The summed E-state index contributed by atoms with van der Waals surface area (Å²) in [5.74, 6) is 0.819. The maximum Gasteiger partial charge on any atom is 0.224 e. The molecule has 3 aromatic carbocycles. The summed E-state index contributed by atoms with van der Waals surface area (Å²) in [7, 11) is 1.66. The van der Waals surface area contributed by atoms with Crippen molar-refractivity contribution in [2.45, 2.75) is 19.9 Å². The largest absolute Gasteiger partial charge is 0.497 e. The smallest absolute Gasteiger partial charge is 0.224 e. The number of benzene rings is 3. The summed E-state index contributed by atoms with van der Waals surface area (Å²) >= 11 is 0. The van der Waals surface area contributed by atoms with E-state index in [0.29, 0.717) is 13.0 Å². The van der Waals surface area contributed by atoms with Crippen LogP contribution < -0.4 is 10.1 Å². The first-order valence-electron chi connectivity index (χ1n) is 8.92. The summed E-state index contributed by atoms with van der Waals surface area (Å²) in [6.45, 7) is 2.52. The van der Waals surface area contributed by atoms with Crippen molar-refractivity contribution in [1.82, 2.24) is 5.32 Å². The van der Waals surface area contributed by atoms with Gasteiger partial charge in [-0.3, -0.25) is 4.79 Å². The van der Waals surface area contributed by atoms with Crippen molar-refractivity contribution in [1.29, 1.82) is 0 Å². The molecule has 0 aliphatic heterocycles. The van der Waals surface area contributed by atoms with Gasteiger partial charge in [0.2, 0.25) is 5.91 Å². The Bertz CT molecular complexity index is 1130. The summed E-state index contributed by atoms with van der Waals surface area (Å²) < 4.78 is 10.8. The third-order valence-electron chi connectivity index (χ3n) is 4.76. The highest BCUT2D eigenvalue weighted by molar-refractivity contribution is 5.88. The van der Waals surface area contributed by atoms with Gasteiger partial charge in [-0.1, -0.05) is 30.3 Å². The molecule has 0 saturated heterocycles. The summed E-state index contributed by atoms with van der Waals surface area (Å²) in [5.41, 5.74) is 3.94. The number of methoxy groups -OCH3 is 1. The minimum Gasteiger partial charge on any atom is -0.497 e. The Labute approximate surface area is 157 Å². The lowest BCUT2D eigenvalue weighted by Crippen LogP contribution is -2.24. The molecule has 136 valence electrons. The molecule has 1 N–H and O–H groups in total. The molecular formula is C23H21NO3. The fourth-order valence-corrected chi connectivity index (χ4v) is 3.27. The van der Waals surface area contributed by atoms with Gasteiger partial charge in [-0.05, 0) is 53.1 Å². The van der Waals surface area contributed by atoms with Gasteiger partial charge in [0.05, 0.1) is 19.8 Å². The van der Waals surface area contributed by atoms with Crippen LogP contribution in [0.1, 0.15) is 16.7 Å². The van der Waals surface area contributed by atoms with E-state index in [1.165, 1.54) is 0 Å². The summed E-state index contributed by atoms with van der Waals surface area (Å²) in [4.78, 5) is 12.4. The third kappa shape index (κ3) is 3.65. The van der Waals surface area contributed by atoms with E-state index in [1.54, 1.807) is 13.4 Å². The van der Waals surface area contributed by atoms with Crippen LogP contribution in [0.5, 0.6) is 5.75 Å². The van der Waals surface area contributed by atoms with Gasteiger partial charge in [0.25, 0.3) is 0 Å². The minimum atomic E-state index is -0.0203. The van der Waals surface area contributed by atoms with Crippen molar-refractivity contribution in [3.05, 3.63) is 77.6 Å². The Hall–Kier alpha value is -3.27. The van der Waals surface area contributed by atoms with Crippen LogP contribution in [0.4, 0.5) is 0 Å². The quantitative estimate of drug-likeness (QED) is 0.559. The Morgan fingerprint density at radius 2 is 1.85 bits per heavy atom. The number of aryl methyl sites for hydroxylation is 1. The highest BCUT2D eigenvalue weighted by Crippen LogP contribution is 2.23. The van der Waals surface area contributed by atoms with Crippen LogP contribution in [-0.4, -0.2) is 13.0 Å². The van der Waals surface area contributed by atoms with Crippen LogP contribution in [0.25, 0.3) is 21.7 Å². The maximum atomic E-state index is 12.4. The number of hydrogen-bond donors (Lipinski definition) is 1. The van der Waals surface area contributed by atoms with Crippen LogP contribution >= 0.6 is 0 Å². The first-order valence-corrected chi connectivity index (χ1v) is 8.92. The molecule has 4 rings (SSSR count). The first kappa shape index (κ1) is 17.2. The standard InChI is InChI=1S/C23H21NO3/c1-15-3-8-21-19(14-27-22(21)9-15)12-23(25)24-13-16-4-5-18-11-20(26-2)7-6-17(18)10-16/h3-11,14H,12-13H2,1-2H3,(H,24,25). The van der Waals surface area contributed by atoms with E-state index < -0.39 is 0 Å². The van der Waals surface area contributed by atoms with Crippen molar-refractivity contribution in [2.24, 2.45) is 0 Å². The zero-order valence-electron chi connectivity index (χ0n) is 15.4. The van der Waals surface area contributed by atoms with Gasteiger partial charge < -0.3 is 14.5 Å². The van der Waals surface area contributed by atoms with Crippen molar-refractivity contribution < 1.29 is 13.9 Å². The lowest BCUT2D eigenvalue weighted by Gasteiger charge is -2.07. The molecule has 4 heteroatoms. The van der Waals surface area contributed by atoms with E-state index in [2.05, 4.69) is 11.4 Å². The molecule has 1 aromatic heterocycles. The van der Waals surface area contributed by atoms with E-state index in [1.807, 2.05) is 55.5 Å². The molecule has 27 heavy (non-hydrogen) atoms. The number of carbonyl (C=O) groups is 1. The maximum absolute atomic E-state index is 12.4. The fourth-order valence-electron chi connectivity index (χ4n) is 3.27. The average molecular weight is 359 g/mol. The number of furan rings is 1.